The fourth-order valence-corrected chi connectivity index (χ4v) is 14.4. The minimum atomic E-state index is -3.44. The van der Waals surface area contributed by atoms with E-state index in [-0.39, 0.29) is 59.5 Å². The Labute approximate surface area is 647 Å². The molecule has 0 spiro atoms. The number of nitrogens with zero attached hydrogens (tertiary/aromatic N) is 3. The first-order valence-corrected chi connectivity index (χ1v) is 38.4. The van der Waals surface area contributed by atoms with Gasteiger partial charge in [-0.3, -0.25) is 18.7 Å². The number of benzene rings is 9. The van der Waals surface area contributed by atoms with Crippen LogP contribution in [-0.2, 0) is 71.4 Å². The van der Waals surface area contributed by atoms with Gasteiger partial charge in [-0.1, -0.05) is 154 Å². The smallest absolute Gasteiger partial charge is 0.251 e. The molecule has 22 heteroatoms. The number of hydrogen-bond donors (Lipinski definition) is 2. The molecule has 560 valence electrons. The normalized spacial score (nSPS) is 12.1. The number of ether oxygens (including phenoxy) is 4. The Morgan fingerprint density at radius 1 is 0.575 bits per heavy atom. The summed E-state index contributed by atoms with van der Waals surface area (Å²) in [5.74, 6) is -0.809. The highest BCUT2D eigenvalue weighted by Gasteiger charge is 2.31. The van der Waals surface area contributed by atoms with E-state index in [0.29, 0.717) is 64.0 Å². The number of carbonyl (C=O) groups excluding carboxylic acids is 3. The first-order chi connectivity index (χ1) is 50.6. The molecule has 0 atom stereocenters. The van der Waals surface area contributed by atoms with Crippen molar-refractivity contribution >= 4 is 103 Å². The van der Waals surface area contributed by atoms with E-state index in [9.17, 15) is 31.6 Å². The molecule has 9 aromatic carbocycles. The average Bonchev–Trinajstić information content (AvgIpc) is 1.50. The molecule has 11 rings (SSSR count). The highest BCUT2D eigenvalue weighted by atomic mass is 35.5. The molecule has 106 heavy (non-hydrogen) atoms. The molecule has 1 aliphatic heterocycles. The van der Waals surface area contributed by atoms with Crippen LogP contribution < -0.4 is 19.8 Å². The largest absolute Gasteiger partial charge is 0.380 e. The van der Waals surface area contributed by atoms with Crippen LogP contribution in [0.5, 0.6) is 0 Å². The van der Waals surface area contributed by atoms with Gasteiger partial charge >= 0.3 is 0 Å². The fraction of sp³-hybridized carbons (Fsp3) is 0.286. The third-order valence-electron chi connectivity index (χ3n) is 16.6. The van der Waals surface area contributed by atoms with E-state index in [1.807, 2.05) is 176 Å². The van der Waals surface area contributed by atoms with Crippen LogP contribution in [-0.4, -0.2) is 84.9 Å². The minimum Gasteiger partial charge on any atom is -0.380 e. The number of nitrogens with one attached hydrogen (secondary N) is 2. The number of thiazole rings is 1. The Morgan fingerprint density at radius 2 is 1.05 bits per heavy atom. The van der Waals surface area contributed by atoms with Gasteiger partial charge in [-0.25, -0.2) is 22.2 Å². The number of hydrogen-bond acceptors (Lipinski definition) is 11. The quantitative estimate of drug-likeness (QED) is 0.0707. The van der Waals surface area contributed by atoms with Crippen molar-refractivity contribution in [3.8, 4) is 55.8 Å². The predicted octanol–water partition coefficient (Wildman–Crippen LogP) is 21.5. The van der Waals surface area contributed by atoms with Crippen LogP contribution in [0.2, 0.25) is 20.1 Å². The lowest BCUT2D eigenvalue weighted by Gasteiger charge is -2.21. The minimum absolute atomic E-state index is 0.00242. The number of sulfonamides is 1. The number of aromatic nitrogens is 1. The van der Waals surface area contributed by atoms with E-state index in [4.69, 9.17) is 65.4 Å². The van der Waals surface area contributed by atoms with Crippen LogP contribution in [0.25, 0.3) is 55.8 Å². The van der Waals surface area contributed by atoms with Gasteiger partial charge in [0.2, 0.25) is 21.8 Å². The monoisotopic (exact) mass is 1560 g/mol. The SMILES string of the molecule is CCc1sc(C)nc1-c1ccc(F)cc1.COCc1c(C(=O)NC(C)C)cccc1-c1ccc(Cl)cc1.COCc1cc(N(C)C(=O)C(C)C)ccc1-c1ccc(Cl)cc1.COCc1cc(N2CCCS2(=O)=O)c(F)cc1-c1ccc(Cl)cc1.COCc1cc(NC(=O)C(C)C)ccc1-c1ccc(Cl)cc1. The van der Waals surface area contributed by atoms with Gasteiger partial charge in [-0.05, 0) is 216 Å². The van der Waals surface area contributed by atoms with Gasteiger partial charge in [-0.2, -0.15) is 0 Å². The number of rotatable bonds is 21. The maximum absolute atomic E-state index is 14.7. The number of carbonyl (C=O) groups is 3. The zero-order chi connectivity index (χ0) is 77.4. The molecule has 0 aliphatic carbocycles. The van der Waals surface area contributed by atoms with Crippen molar-refractivity contribution in [2.45, 2.75) is 101 Å². The Morgan fingerprint density at radius 3 is 1.51 bits per heavy atom. The van der Waals surface area contributed by atoms with E-state index in [0.717, 1.165) is 99.6 Å². The fourth-order valence-electron chi connectivity index (χ4n) is 11.4. The zero-order valence-electron chi connectivity index (χ0n) is 61.9. The third kappa shape index (κ3) is 24.1. The average molecular weight is 1560 g/mol. The Balaban J connectivity index is 0.000000186. The number of halogens is 6. The summed E-state index contributed by atoms with van der Waals surface area (Å²) in [6, 6.07) is 57.1. The molecule has 0 radical (unpaired) electrons. The second-order valence-corrected chi connectivity index (χ2v) is 30.7. The maximum Gasteiger partial charge on any atom is 0.251 e. The molecular formula is C84H91Cl4F2N5O9S2. The van der Waals surface area contributed by atoms with Crippen LogP contribution in [0.1, 0.15) is 97.4 Å². The highest BCUT2D eigenvalue weighted by Crippen LogP contribution is 2.37. The van der Waals surface area contributed by atoms with Crippen LogP contribution in [0.15, 0.2) is 188 Å². The first kappa shape index (κ1) is 84.9. The molecule has 1 aromatic heterocycles. The standard InChI is InChI=1S/C19H22ClNO2.2C18H20ClNO2.C17H17ClFNO3S.C12H12FNS/c1-13(2)19(22)21(3)17-9-10-18(15(11-17)12-23-4)14-5-7-16(20)8-6-14;1-12(2)18(21)20-16-8-9-17(14(10-16)11-22-3)13-4-6-15(19)7-5-13;1-12(2)20-18(21)16-6-4-5-15(17(16)11-22-3)13-7-9-14(19)10-8-13;1-23-11-13-9-17(20-7-2-8-24(20,21)22)16(19)10-15(13)12-3-5-14(18)6-4-12;1-3-11-12(14-8(2)15-11)9-4-6-10(13)7-5-9/h5-11,13H,12H2,1-4H3;2*4-10,12H,11H2,1-3H3,(H,20,21);3-6,9-10H,2,7-8,11H2,1H3;4-7H,3H2,1-2H3. The van der Waals surface area contributed by atoms with E-state index in [1.165, 1.54) is 23.1 Å². The number of amides is 3. The summed E-state index contributed by atoms with van der Waals surface area (Å²) in [7, 11) is 4.86. The molecule has 10 aromatic rings. The summed E-state index contributed by atoms with van der Waals surface area (Å²) in [4.78, 5) is 43.8. The summed E-state index contributed by atoms with van der Waals surface area (Å²) < 4.78 is 73.9. The Bertz CT molecular complexity index is 4660. The van der Waals surface area contributed by atoms with Crippen LogP contribution >= 0.6 is 57.7 Å². The van der Waals surface area contributed by atoms with Gasteiger partial charge in [0.15, 0.2) is 0 Å². The third-order valence-corrected chi connectivity index (χ3v) is 20.6. The topological polar surface area (TPSA) is 166 Å². The van der Waals surface area contributed by atoms with Gasteiger partial charge in [0.05, 0.1) is 48.6 Å². The lowest BCUT2D eigenvalue weighted by atomic mass is 9.95. The second-order valence-electron chi connectivity index (χ2n) is 25.7. The van der Waals surface area contributed by atoms with Crippen molar-refractivity contribution in [3.63, 3.8) is 0 Å². The summed E-state index contributed by atoms with van der Waals surface area (Å²) in [5, 5.41) is 9.60. The molecule has 3 amide bonds. The lowest BCUT2D eigenvalue weighted by molar-refractivity contribution is -0.121. The molecule has 0 saturated carbocycles. The van der Waals surface area contributed by atoms with Gasteiger partial charge in [0.25, 0.3) is 5.91 Å². The van der Waals surface area contributed by atoms with Gasteiger partial charge in [0, 0.05) is 107 Å². The van der Waals surface area contributed by atoms with Gasteiger partial charge in [0.1, 0.15) is 11.6 Å². The van der Waals surface area contributed by atoms with E-state index in [1.54, 1.807) is 94.2 Å². The first-order valence-electron chi connectivity index (χ1n) is 34.4. The zero-order valence-corrected chi connectivity index (χ0v) is 66.5. The molecular weight excluding hydrogens is 1470 g/mol. The Hall–Kier alpha value is -8.37. The predicted molar refractivity (Wildman–Crippen MR) is 432 cm³/mol. The summed E-state index contributed by atoms with van der Waals surface area (Å²) in [6.45, 7) is 17.4. The van der Waals surface area contributed by atoms with E-state index < -0.39 is 15.8 Å². The van der Waals surface area contributed by atoms with Crippen molar-refractivity contribution in [3.05, 3.63) is 257 Å². The van der Waals surface area contributed by atoms with Crippen molar-refractivity contribution in [2.24, 2.45) is 11.8 Å². The van der Waals surface area contributed by atoms with Gasteiger partial charge in [-0.15, -0.1) is 11.3 Å². The molecule has 2 N–H and O–H groups in total. The number of anilines is 3. The van der Waals surface area contributed by atoms with Crippen LogP contribution in [0, 0.1) is 30.4 Å². The molecule has 0 bridgehead atoms. The van der Waals surface area contributed by atoms with Crippen molar-refractivity contribution in [1.29, 1.82) is 0 Å². The van der Waals surface area contributed by atoms with Crippen LogP contribution in [0.3, 0.4) is 0 Å². The molecule has 1 saturated heterocycles. The number of aryl methyl sites for hydroxylation is 2. The Kier molecular flexibility index (Phi) is 32.9. The summed E-state index contributed by atoms with van der Waals surface area (Å²) in [6.07, 6.45) is 1.47. The second kappa shape index (κ2) is 41.1. The number of methoxy groups -OCH3 is 4. The van der Waals surface area contributed by atoms with Crippen molar-refractivity contribution in [1.82, 2.24) is 10.3 Å². The highest BCUT2D eigenvalue weighted by molar-refractivity contribution is 7.93. The summed E-state index contributed by atoms with van der Waals surface area (Å²) in [5.41, 5.74) is 15.8. The lowest BCUT2D eigenvalue weighted by Crippen LogP contribution is -2.31. The van der Waals surface area contributed by atoms with Crippen molar-refractivity contribution < 1.29 is 50.5 Å². The molecule has 0 unspecified atom stereocenters. The van der Waals surface area contributed by atoms with Crippen LogP contribution in [0.4, 0.5) is 25.8 Å². The molecule has 1 aliphatic rings. The molecule has 1 fully saturated rings. The molecule has 14 nitrogen and oxygen atoms in total. The van der Waals surface area contributed by atoms with E-state index in [2.05, 4.69) is 22.5 Å². The van der Waals surface area contributed by atoms with E-state index >= 15 is 0 Å². The summed E-state index contributed by atoms with van der Waals surface area (Å²) >= 11 is 25.5. The maximum atomic E-state index is 14.7. The molecule has 2 heterocycles. The van der Waals surface area contributed by atoms with Gasteiger partial charge < -0.3 is 34.5 Å². The van der Waals surface area contributed by atoms with Crippen molar-refractivity contribution in [2.75, 3.05) is 62.3 Å².